The molecule has 2 aliphatic heterocycles. The van der Waals surface area contributed by atoms with Crippen LogP contribution in [0.1, 0.15) is 76.1 Å². The van der Waals surface area contributed by atoms with Crippen molar-refractivity contribution in [3.05, 3.63) is 65.2 Å². The zero-order chi connectivity index (χ0) is 29.3. The Balaban J connectivity index is 1.49. The van der Waals surface area contributed by atoms with Gasteiger partial charge in [-0.25, -0.2) is 0 Å². The minimum Gasteiger partial charge on any atom is -0.393 e. The van der Waals surface area contributed by atoms with Crippen LogP contribution in [-0.4, -0.2) is 58.9 Å². The van der Waals surface area contributed by atoms with Crippen molar-refractivity contribution < 1.29 is 19.5 Å². The topological polar surface area (TPSA) is 90.0 Å². The molecular formula is C34H45N3O4. The third kappa shape index (κ3) is 6.35. The Hall–Kier alpha value is -3.19. The van der Waals surface area contributed by atoms with Crippen LogP contribution in [0.25, 0.3) is 0 Å². The van der Waals surface area contributed by atoms with Crippen molar-refractivity contribution in [2.75, 3.05) is 18.0 Å². The number of hydrogen-bond donors (Lipinski definition) is 2. The van der Waals surface area contributed by atoms with Crippen molar-refractivity contribution in [3.63, 3.8) is 0 Å². The Morgan fingerprint density at radius 2 is 1.54 bits per heavy atom. The molecule has 0 spiro atoms. The first-order chi connectivity index (χ1) is 19.6. The summed E-state index contributed by atoms with van der Waals surface area (Å²) in [6.45, 7) is 9.68. The van der Waals surface area contributed by atoms with E-state index in [2.05, 4.69) is 22.3 Å². The van der Waals surface area contributed by atoms with Crippen molar-refractivity contribution in [1.29, 1.82) is 0 Å². The zero-order valence-corrected chi connectivity index (χ0v) is 24.9. The molecule has 0 bridgehead atoms. The maximum absolute atomic E-state index is 14.5. The predicted molar refractivity (Wildman–Crippen MR) is 160 cm³/mol. The number of carbonyl (C=O) groups excluding carboxylic acids is 3. The summed E-state index contributed by atoms with van der Waals surface area (Å²) in [4.78, 5) is 46.1. The molecule has 0 unspecified atom stereocenters. The minimum atomic E-state index is -0.816. The first-order valence-corrected chi connectivity index (χ1v) is 15.4. The molecule has 2 saturated heterocycles. The molecule has 220 valence electrons. The number of ketones is 1. The number of nitrogens with zero attached hydrogens (tertiary/aromatic N) is 2. The second-order valence-electron chi connectivity index (χ2n) is 13.1. The molecule has 2 heterocycles. The van der Waals surface area contributed by atoms with Gasteiger partial charge < -0.3 is 20.2 Å². The van der Waals surface area contributed by atoms with Crippen LogP contribution >= 0.6 is 0 Å². The number of fused-ring (bicyclic) bond motifs is 1. The third-order valence-corrected chi connectivity index (χ3v) is 8.94. The van der Waals surface area contributed by atoms with Crippen molar-refractivity contribution >= 4 is 23.3 Å². The van der Waals surface area contributed by atoms with E-state index in [-0.39, 0.29) is 41.5 Å². The van der Waals surface area contributed by atoms with E-state index in [1.165, 1.54) is 11.1 Å². The van der Waals surface area contributed by atoms with Gasteiger partial charge in [0.05, 0.1) is 6.10 Å². The third-order valence-electron chi connectivity index (χ3n) is 8.94. The van der Waals surface area contributed by atoms with Crippen molar-refractivity contribution in [2.45, 2.75) is 90.4 Å². The van der Waals surface area contributed by atoms with Gasteiger partial charge in [0.25, 0.3) is 0 Å². The fraction of sp³-hybridized carbons (Fsp3) is 0.559. The number of aliphatic hydroxyl groups excluding tert-OH is 1. The van der Waals surface area contributed by atoms with Crippen LogP contribution in [0.2, 0.25) is 0 Å². The van der Waals surface area contributed by atoms with E-state index in [0.29, 0.717) is 12.8 Å². The van der Waals surface area contributed by atoms with E-state index in [9.17, 15) is 19.5 Å². The van der Waals surface area contributed by atoms with Gasteiger partial charge in [-0.1, -0.05) is 64.1 Å². The Kier molecular flexibility index (Phi) is 8.83. The lowest BCUT2D eigenvalue weighted by atomic mass is 9.86. The molecule has 7 heteroatoms. The van der Waals surface area contributed by atoms with Crippen LogP contribution in [0, 0.1) is 17.8 Å². The number of Topliss-reactive ketones (excluding diaryl/α,β-unsaturated/α-hetero) is 1. The van der Waals surface area contributed by atoms with E-state index in [0.717, 1.165) is 50.0 Å². The number of benzene rings is 2. The van der Waals surface area contributed by atoms with Crippen LogP contribution in [0.15, 0.2) is 48.5 Å². The van der Waals surface area contributed by atoms with Gasteiger partial charge in [0.15, 0.2) is 5.78 Å². The van der Waals surface area contributed by atoms with E-state index in [1.54, 1.807) is 4.90 Å². The average Bonchev–Trinajstić information content (AvgIpc) is 3.36. The number of piperazine rings is 1. The second-order valence-corrected chi connectivity index (χ2v) is 13.1. The molecule has 0 radical (unpaired) electrons. The Morgan fingerprint density at radius 3 is 2.10 bits per heavy atom. The Labute approximate surface area is 244 Å². The summed E-state index contributed by atoms with van der Waals surface area (Å²) in [5.74, 6) is -0.0787. The average molecular weight is 560 g/mol. The molecule has 3 atom stereocenters. The molecule has 0 aromatic heterocycles. The number of piperidine rings is 1. The Bertz CT molecular complexity index is 1220. The molecule has 2 fully saturated rings. The highest BCUT2D eigenvalue weighted by molar-refractivity contribution is 6.00. The fourth-order valence-corrected chi connectivity index (χ4v) is 6.88. The monoisotopic (exact) mass is 559 g/mol. The molecule has 7 nitrogen and oxygen atoms in total. The normalized spacial score (nSPS) is 22.8. The lowest BCUT2D eigenvalue weighted by Crippen LogP contribution is -2.66. The lowest BCUT2D eigenvalue weighted by Gasteiger charge is -2.45. The lowest BCUT2D eigenvalue weighted by molar-refractivity contribution is -0.157. The van der Waals surface area contributed by atoms with Crippen LogP contribution in [0.4, 0.5) is 5.69 Å². The number of amides is 2. The van der Waals surface area contributed by atoms with E-state index in [4.69, 9.17) is 0 Å². The summed E-state index contributed by atoms with van der Waals surface area (Å²) in [5, 5.41) is 13.0. The second kappa shape index (κ2) is 12.4. The number of anilines is 1. The Morgan fingerprint density at radius 1 is 0.927 bits per heavy atom. The van der Waals surface area contributed by atoms with E-state index >= 15 is 0 Å². The molecule has 41 heavy (non-hydrogen) atoms. The highest BCUT2D eigenvalue weighted by Crippen LogP contribution is 2.37. The maximum atomic E-state index is 14.5. The van der Waals surface area contributed by atoms with Crippen LogP contribution in [0.3, 0.4) is 0 Å². The number of aliphatic hydroxyl groups is 1. The molecule has 2 N–H and O–H groups in total. The minimum absolute atomic E-state index is 0.0286. The predicted octanol–water partition coefficient (Wildman–Crippen LogP) is 4.46. The van der Waals surface area contributed by atoms with Gasteiger partial charge in [0, 0.05) is 25.2 Å². The van der Waals surface area contributed by atoms with Crippen molar-refractivity contribution in [2.24, 2.45) is 17.8 Å². The highest BCUT2D eigenvalue weighted by Gasteiger charge is 2.49. The van der Waals surface area contributed by atoms with Gasteiger partial charge in [-0.15, -0.1) is 0 Å². The van der Waals surface area contributed by atoms with E-state index < -0.39 is 18.1 Å². The first-order valence-electron chi connectivity index (χ1n) is 15.4. The highest BCUT2D eigenvalue weighted by atomic mass is 16.3. The van der Waals surface area contributed by atoms with Gasteiger partial charge in [-0.05, 0) is 78.7 Å². The number of nitrogens with one attached hydrogen (secondary N) is 1. The standard InChI is InChI=1S/C34H45N3O4/c1-21(2)17-29-33(40)35-31(26-19-24-7-5-6-8-25(24)20-26)34(41)37(29)32(30(39)18-22(3)4)23-9-11-27(12-10-23)36-15-13-28(38)14-16-36/h5-12,21-22,26,28-29,31-32,38H,13-20H2,1-4H3,(H,35,40)/t29-,31-,32-/m1/s1. The van der Waals surface area contributed by atoms with Gasteiger partial charge in [0.1, 0.15) is 18.1 Å². The zero-order valence-electron chi connectivity index (χ0n) is 24.9. The summed E-state index contributed by atoms with van der Waals surface area (Å²) >= 11 is 0. The molecule has 0 saturated carbocycles. The van der Waals surface area contributed by atoms with Gasteiger partial charge in [0.2, 0.25) is 11.8 Å². The quantitative estimate of drug-likeness (QED) is 0.474. The summed E-state index contributed by atoms with van der Waals surface area (Å²) < 4.78 is 0. The summed E-state index contributed by atoms with van der Waals surface area (Å²) in [6.07, 6.45) is 3.51. The van der Waals surface area contributed by atoms with E-state index in [1.807, 2.05) is 64.1 Å². The smallest absolute Gasteiger partial charge is 0.247 e. The first kappa shape index (κ1) is 29.3. The molecule has 1 aliphatic carbocycles. The molecule has 2 aromatic carbocycles. The summed E-state index contributed by atoms with van der Waals surface area (Å²) in [7, 11) is 0. The number of hydrogen-bond acceptors (Lipinski definition) is 5. The number of rotatable bonds is 9. The summed E-state index contributed by atoms with van der Waals surface area (Å²) in [5.41, 5.74) is 4.24. The number of carbonyl (C=O) groups is 3. The molecule has 3 aliphatic rings. The molecule has 2 amide bonds. The van der Waals surface area contributed by atoms with Crippen LogP contribution in [-0.2, 0) is 27.2 Å². The van der Waals surface area contributed by atoms with Crippen molar-refractivity contribution in [3.8, 4) is 0 Å². The van der Waals surface area contributed by atoms with Crippen molar-refractivity contribution in [1.82, 2.24) is 10.2 Å². The fourth-order valence-electron chi connectivity index (χ4n) is 6.88. The van der Waals surface area contributed by atoms with Gasteiger partial charge in [-0.3, -0.25) is 14.4 Å². The van der Waals surface area contributed by atoms with Crippen LogP contribution < -0.4 is 10.2 Å². The summed E-state index contributed by atoms with van der Waals surface area (Å²) in [6, 6.07) is 14.0. The SMILES string of the molecule is CC(C)CC(=O)[C@@H](c1ccc(N2CCC(O)CC2)cc1)N1C(=O)[C@@H](C2Cc3ccccc3C2)NC(=O)[C@H]1CC(C)C. The van der Waals surface area contributed by atoms with Gasteiger partial charge in [-0.2, -0.15) is 0 Å². The molecule has 5 rings (SSSR count). The largest absolute Gasteiger partial charge is 0.393 e. The van der Waals surface area contributed by atoms with Gasteiger partial charge >= 0.3 is 0 Å². The maximum Gasteiger partial charge on any atom is 0.247 e. The molecule has 2 aromatic rings. The molecular weight excluding hydrogens is 514 g/mol. The van der Waals surface area contributed by atoms with Crippen LogP contribution in [0.5, 0.6) is 0 Å².